The van der Waals surface area contributed by atoms with Gasteiger partial charge in [0.05, 0.1) is 34.6 Å². The first-order valence-electron chi connectivity index (χ1n) is 10.8. The Balaban J connectivity index is 1.29. The number of tetrazole rings is 1. The zero-order valence-electron chi connectivity index (χ0n) is 18.1. The second kappa shape index (κ2) is 10.1. The van der Waals surface area contributed by atoms with Gasteiger partial charge in [-0.05, 0) is 49.1 Å². The van der Waals surface area contributed by atoms with Crippen molar-refractivity contribution in [2.24, 2.45) is 0 Å². The molecule has 3 aromatic rings. The number of nitrogens with one attached hydrogen (secondary N) is 1. The van der Waals surface area contributed by atoms with Gasteiger partial charge in [0.2, 0.25) is 5.91 Å². The minimum Gasteiger partial charge on any atom is -0.322 e. The molecule has 0 radical (unpaired) electrons. The third kappa shape index (κ3) is 5.33. The molecular formula is C22H29N7OS. The molecule has 4 rings (SSSR count). The third-order valence-corrected chi connectivity index (χ3v) is 6.73. The topological polar surface area (TPSA) is 90.5 Å². The first kappa shape index (κ1) is 21.5. The van der Waals surface area contributed by atoms with Crippen LogP contribution in [0.2, 0.25) is 0 Å². The number of aromatic nitrogens is 6. The number of carbonyl (C=O) groups excluding carboxylic acids is 1. The van der Waals surface area contributed by atoms with Crippen LogP contribution in [0.25, 0.3) is 0 Å². The Bertz CT molecular complexity index is 1010. The van der Waals surface area contributed by atoms with Crippen LogP contribution in [0, 0.1) is 13.8 Å². The van der Waals surface area contributed by atoms with Crippen LogP contribution in [0.15, 0.2) is 30.3 Å². The molecule has 1 saturated carbocycles. The SMILES string of the molecule is Cc1nn(CCc2ccccc2)c(C)c1NC(=O)CSCc1nnnn1C1CCCC1. The van der Waals surface area contributed by atoms with E-state index in [-0.39, 0.29) is 5.91 Å². The van der Waals surface area contributed by atoms with Crippen molar-refractivity contribution in [3.8, 4) is 0 Å². The lowest BCUT2D eigenvalue weighted by Crippen LogP contribution is -2.16. The average Bonchev–Trinajstić information content (AvgIpc) is 3.51. The summed E-state index contributed by atoms with van der Waals surface area (Å²) >= 11 is 1.53. The van der Waals surface area contributed by atoms with E-state index in [1.807, 2.05) is 41.4 Å². The van der Waals surface area contributed by atoms with Crippen LogP contribution >= 0.6 is 11.8 Å². The summed E-state index contributed by atoms with van der Waals surface area (Å²) in [7, 11) is 0. The lowest BCUT2D eigenvalue weighted by Gasteiger charge is -2.11. The van der Waals surface area contributed by atoms with Crippen LogP contribution < -0.4 is 5.32 Å². The first-order valence-corrected chi connectivity index (χ1v) is 12.0. The van der Waals surface area contributed by atoms with E-state index in [0.29, 0.717) is 17.5 Å². The Hall–Kier alpha value is -2.68. The van der Waals surface area contributed by atoms with Crippen LogP contribution in [0.1, 0.15) is 54.5 Å². The number of anilines is 1. The summed E-state index contributed by atoms with van der Waals surface area (Å²) in [6.45, 7) is 4.72. The number of aryl methyl sites for hydroxylation is 3. The van der Waals surface area contributed by atoms with E-state index in [4.69, 9.17) is 0 Å². The van der Waals surface area contributed by atoms with E-state index in [1.54, 1.807) is 0 Å². The summed E-state index contributed by atoms with van der Waals surface area (Å²) in [5.74, 6) is 1.81. The van der Waals surface area contributed by atoms with Crippen LogP contribution in [0.5, 0.6) is 0 Å². The molecule has 1 aliphatic rings. The molecule has 1 aromatic carbocycles. The number of rotatable bonds is 9. The molecule has 0 bridgehead atoms. The molecule has 8 nitrogen and oxygen atoms in total. The number of carbonyl (C=O) groups is 1. The smallest absolute Gasteiger partial charge is 0.234 e. The van der Waals surface area contributed by atoms with Crippen molar-refractivity contribution in [2.45, 2.75) is 64.3 Å². The first-order chi connectivity index (χ1) is 15.1. The van der Waals surface area contributed by atoms with E-state index in [2.05, 4.69) is 38.1 Å². The van der Waals surface area contributed by atoms with Gasteiger partial charge in [0, 0.05) is 6.54 Å². The Morgan fingerprint density at radius 2 is 1.97 bits per heavy atom. The second-order valence-electron chi connectivity index (χ2n) is 8.02. The standard InChI is InChI=1S/C22H29N7OS/c1-16-22(17(2)28(25-16)13-12-18-8-4-3-5-9-18)23-21(30)15-31-14-20-24-26-27-29(20)19-10-6-7-11-19/h3-5,8-9,19H,6-7,10-15H2,1-2H3,(H,23,30). The summed E-state index contributed by atoms with van der Waals surface area (Å²) in [4.78, 5) is 12.5. The summed E-state index contributed by atoms with van der Waals surface area (Å²) in [6, 6.07) is 10.8. The maximum absolute atomic E-state index is 12.5. The van der Waals surface area contributed by atoms with Crippen molar-refractivity contribution in [3.63, 3.8) is 0 Å². The molecule has 31 heavy (non-hydrogen) atoms. The molecule has 164 valence electrons. The number of hydrogen-bond donors (Lipinski definition) is 1. The molecule has 0 aliphatic heterocycles. The lowest BCUT2D eigenvalue weighted by molar-refractivity contribution is -0.113. The van der Waals surface area contributed by atoms with Gasteiger partial charge in [-0.3, -0.25) is 9.48 Å². The van der Waals surface area contributed by atoms with Gasteiger partial charge in [-0.25, -0.2) is 4.68 Å². The second-order valence-corrected chi connectivity index (χ2v) is 9.01. The number of thioether (sulfide) groups is 1. The maximum Gasteiger partial charge on any atom is 0.234 e. The zero-order valence-corrected chi connectivity index (χ0v) is 18.9. The molecule has 1 aliphatic carbocycles. The molecular weight excluding hydrogens is 410 g/mol. The highest BCUT2D eigenvalue weighted by Gasteiger charge is 2.21. The fraction of sp³-hybridized carbons (Fsp3) is 0.500. The predicted molar refractivity (Wildman–Crippen MR) is 122 cm³/mol. The number of amides is 1. The molecule has 9 heteroatoms. The number of nitrogens with zero attached hydrogens (tertiary/aromatic N) is 6. The monoisotopic (exact) mass is 439 g/mol. The molecule has 1 fully saturated rings. The minimum absolute atomic E-state index is 0.0290. The maximum atomic E-state index is 12.5. The van der Waals surface area contributed by atoms with Gasteiger partial charge in [-0.15, -0.1) is 16.9 Å². The van der Waals surface area contributed by atoms with Crippen molar-refractivity contribution in [3.05, 3.63) is 53.1 Å². The van der Waals surface area contributed by atoms with Gasteiger partial charge in [0.15, 0.2) is 5.82 Å². The van der Waals surface area contributed by atoms with Gasteiger partial charge < -0.3 is 5.32 Å². The Morgan fingerprint density at radius 1 is 1.19 bits per heavy atom. The van der Waals surface area contributed by atoms with Gasteiger partial charge >= 0.3 is 0 Å². The highest BCUT2D eigenvalue weighted by atomic mass is 32.2. The molecule has 1 N–H and O–H groups in total. The van der Waals surface area contributed by atoms with E-state index >= 15 is 0 Å². The van der Waals surface area contributed by atoms with Crippen molar-refractivity contribution in [2.75, 3.05) is 11.1 Å². The van der Waals surface area contributed by atoms with Gasteiger partial charge in [-0.1, -0.05) is 43.2 Å². The average molecular weight is 440 g/mol. The minimum atomic E-state index is -0.0290. The van der Waals surface area contributed by atoms with Crippen LogP contribution in [0.3, 0.4) is 0 Å². The Morgan fingerprint density at radius 3 is 2.74 bits per heavy atom. The highest BCUT2D eigenvalue weighted by molar-refractivity contribution is 7.99. The lowest BCUT2D eigenvalue weighted by atomic mass is 10.1. The van der Waals surface area contributed by atoms with Crippen LogP contribution in [-0.4, -0.2) is 41.6 Å². The van der Waals surface area contributed by atoms with Crippen molar-refractivity contribution in [1.82, 2.24) is 30.0 Å². The molecule has 0 unspecified atom stereocenters. The fourth-order valence-corrected chi connectivity index (χ4v) is 4.86. The molecule has 2 aromatic heterocycles. The summed E-state index contributed by atoms with van der Waals surface area (Å²) in [6.07, 6.45) is 5.64. The Labute approximate surface area is 186 Å². The number of hydrogen-bond acceptors (Lipinski definition) is 6. The summed E-state index contributed by atoms with van der Waals surface area (Å²) in [5, 5.41) is 19.8. The molecule has 1 amide bonds. The van der Waals surface area contributed by atoms with E-state index in [9.17, 15) is 4.79 Å². The molecule has 0 spiro atoms. The highest BCUT2D eigenvalue weighted by Crippen LogP contribution is 2.29. The van der Waals surface area contributed by atoms with Gasteiger partial charge in [0.1, 0.15) is 0 Å². The van der Waals surface area contributed by atoms with Gasteiger partial charge in [0.25, 0.3) is 0 Å². The third-order valence-electron chi connectivity index (χ3n) is 5.80. The van der Waals surface area contributed by atoms with Crippen molar-refractivity contribution >= 4 is 23.4 Å². The van der Waals surface area contributed by atoms with Crippen LogP contribution in [0.4, 0.5) is 5.69 Å². The fourth-order valence-electron chi connectivity index (χ4n) is 4.13. The largest absolute Gasteiger partial charge is 0.322 e. The summed E-state index contributed by atoms with van der Waals surface area (Å²) < 4.78 is 3.92. The van der Waals surface area contributed by atoms with Crippen LogP contribution in [-0.2, 0) is 23.5 Å². The molecule has 0 saturated heterocycles. The van der Waals surface area contributed by atoms with Crippen molar-refractivity contribution in [1.29, 1.82) is 0 Å². The van der Waals surface area contributed by atoms with Crippen molar-refractivity contribution < 1.29 is 4.79 Å². The number of benzene rings is 1. The van der Waals surface area contributed by atoms with E-state index < -0.39 is 0 Å². The van der Waals surface area contributed by atoms with E-state index in [1.165, 1.54) is 30.2 Å². The quantitative estimate of drug-likeness (QED) is 0.546. The Kier molecular flexibility index (Phi) is 7.01. The zero-order chi connectivity index (χ0) is 21.6. The normalized spacial score (nSPS) is 14.3. The van der Waals surface area contributed by atoms with Gasteiger partial charge in [-0.2, -0.15) is 5.10 Å². The predicted octanol–water partition coefficient (Wildman–Crippen LogP) is 3.72. The molecule has 2 heterocycles. The molecule has 0 atom stereocenters. The van der Waals surface area contributed by atoms with E-state index in [0.717, 1.165) is 48.7 Å². The summed E-state index contributed by atoms with van der Waals surface area (Å²) in [5.41, 5.74) is 3.91.